The molecule has 0 saturated carbocycles. The highest BCUT2D eigenvalue weighted by Crippen LogP contribution is 2.25. The van der Waals surface area contributed by atoms with Gasteiger partial charge in [0.05, 0.1) is 18.4 Å². The van der Waals surface area contributed by atoms with Gasteiger partial charge in [-0.2, -0.15) is 5.26 Å². The van der Waals surface area contributed by atoms with E-state index in [9.17, 15) is 10.1 Å². The number of nitrogens with one attached hydrogen (secondary N) is 1. The average molecular weight is 297 g/mol. The van der Waals surface area contributed by atoms with E-state index in [2.05, 4.69) is 11.4 Å². The van der Waals surface area contributed by atoms with Gasteiger partial charge in [0, 0.05) is 12.7 Å². The maximum absolute atomic E-state index is 12.5. The van der Waals surface area contributed by atoms with Crippen molar-refractivity contribution in [3.8, 4) is 17.5 Å². The largest absolute Gasteiger partial charge is 0.495 e. The normalized spacial score (nSPS) is 10.3. The molecule has 1 aromatic heterocycles. The van der Waals surface area contributed by atoms with Crippen LogP contribution in [0.2, 0.25) is 0 Å². The predicted molar refractivity (Wildman–Crippen MR) is 84.2 cm³/mol. The molecule has 0 spiro atoms. The van der Waals surface area contributed by atoms with Gasteiger partial charge >= 0.3 is 0 Å². The molecule has 0 atom stereocenters. The average Bonchev–Trinajstić information content (AvgIpc) is 2.96. The third-order valence-electron chi connectivity index (χ3n) is 3.24. The molecule has 1 amide bonds. The summed E-state index contributed by atoms with van der Waals surface area (Å²) >= 11 is 0. The van der Waals surface area contributed by atoms with Crippen LogP contribution in [-0.2, 0) is 0 Å². The van der Waals surface area contributed by atoms with Gasteiger partial charge in [0.15, 0.2) is 0 Å². The number of para-hydroxylation sites is 2. The van der Waals surface area contributed by atoms with Crippen molar-refractivity contribution in [2.45, 2.75) is 13.8 Å². The Hall–Kier alpha value is -2.74. The molecule has 0 aliphatic carbocycles. The number of hydrogen-bond acceptors (Lipinski definition) is 3. The fourth-order valence-corrected chi connectivity index (χ4v) is 2.16. The Balaban J connectivity index is 2.48. The van der Waals surface area contributed by atoms with Crippen LogP contribution in [-0.4, -0.2) is 24.1 Å². The zero-order valence-electron chi connectivity index (χ0n) is 13.0. The van der Waals surface area contributed by atoms with Crippen molar-refractivity contribution >= 4 is 5.91 Å². The van der Waals surface area contributed by atoms with Crippen molar-refractivity contribution in [2.75, 3.05) is 13.7 Å². The van der Waals surface area contributed by atoms with Crippen molar-refractivity contribution < 1.29 is 9.53 Å². The molecule has 114 valence electrons. The van der Waals surface area contributed by atoms with Crippen molar-refractivity contribution in [1.82, 2.24) is 9.88 Å². The number of methoxy groups -OCH3 is 1. The van der Waals surface area contributed by atoms with Crippen LogP contribution in [0.1, 0.15) is 29.9 Å². The topological polar surface area (TPSA) is 67.0 Å². The zero-order valence-corrected chi connectivity index (χ0v) is 13.0. The van der Waals surface area contributed by atoms with Gasteiger partial charge < -0.3 is 14.6 Å². The maximum atomic E-state index is 12.5. The van der Waals surface area contributed by atoms with Gasteiger partial charge in [-0.3, -0.25) is 4.79 Å². The minimum Gasteiger partial charge on any atom is -0.495 e. The number of benzene rings is 1. The van der Waals surface area contributed by atoms with Gasteiger partial charge in [-0.05, 0) is 24.1 Å². The van der Waals surface area contributed by atoms with E-state index in [1.807, 2.05) is 38.1 Å². The van der Waals surface area contributed by atoms with Crippen molar-refractivity contribution in [2.24, 2.45) is 5.92 Å². The molecule has 22 heavy (non-hydrogen) atoms. The number of nitriles is 1. The van der Waals surface area contributed by atoms with E-state index in [1.54, 1.807) is 23.9 Å². The number of hydrogen-bond donors (Lipinski definition) is 1. The molecule has 0 fully saturated rings. The van der Waals surface area contributed by atoms with E-state index in [0.29, 0.717) is 29.5 Å². The van der Waals surface area contributed by atoms with Crippen LogP contribution in [0, 0.1) is 17.2 Å². The molecule has 1 heterocycles. The second-order valence-electron chi connectivity index (χ2n) is 5.34. The van der Waals surface area contributed by atoms with Crippen LogP contribution in [0.5, 0.6) is 5.75 Å². The molecule has 0 radical (unpaired) electrons. The van der Waals surface area contributed by atoms with Crippen LogP contribution in [0.15, 0.2) is 36.5 Å². The molecular formula is C17H19N3O2. The third kappa shape index (κ3) is 3.12. The molecule has 0 bridgehead atoms. The van der Waals surface area contributed by atoms with E-state index >= 15 is 0 Å². The molecule has 5 nitrogen and oxygen atoms in total. The number of amides is 1. The number of aromatic nitrogens is 1. The lowest BCUT2D eigenvalue weighted by Crippen LogP contribution is -2.29. The highest BCUT2D eigenvalue weighted by molar-refractivity contribution is 5.96. The van der Waals surface area contributed by atoms with Crippen molar-refractivity contribution in [3.63, 3.8) is 0 Å². The number of ether oxygens (including phenoxy) is 1. The molecule has 1 N–H and O–H groups in total. The van der Waals surface area contributed by atoms with Crippen LogP contribution >= 0.6 is 0 Å². The highest BCUT2D eigenvalue weighted by atomic mass is 16.5. The van der Waals surface area contributed by atoms with Gasteiger partial charge in [0.25, 0.3) is 5.91 Å². The molecule has 0 aliphatic rings. The molecule has 2 aromatic rings. The Kier molecular flexibility index (Phi) is 4.84. The van der Waals surface area contributed by atoms with Gasteiger partial charge in [0.2, 0.25) is 0 Å². The standard InChI is InChI=1S/C17H19N3O2/c1-12(2)11-19-17(21)16-13(10-18)8-9-20(16)14-6-4-5-7-15(14)22-3/h4-9,12H,11H2,1-3H3,(H,19,21). The first-order valence-corrected chi connectivity index (χ1v) is 7.11. The highest BCUT2D eigenvalue weighted by Gasteiger charge is 2.19. The summed E-state index contributed by atoms with van der Waals surface area (Å²) in [6.07, 6.45) is 1.71. The Morgan fingerprint density at radius 1 is 1.36 bits per heavy atom. The molecule has 0 saturated heterocycles. The van der Waals surface area contributed by atoms with Crippen molar-refractivity contribution in [3.05, 3.63) is 47.8 Å². The number of nitrogens with zero attached hydrogens (tertiary/aromatic N) is 2. The second kappa shape index (κ2) is 6.81. The molecule has 2 rings (SSSR count). The summed E-state index contributed by atoms with van der Waals surface area (Å²) in [4.78, 5) is 12.5. The van der Waals surface area contributed by atoms with Crippen LogP contribution in [0.25, 0.3) is 5.69 Å². The van der Waals surface area contributed by atoms with E-state index in [1.165, 1.54) is 0 Å². The number of rotatable bonds is 5. The molecule has 0 aliphatic heterocycles. The molecule has 5 heteroatoms. The molecular weight excluding hydrogens is 278 g/mol. The minimum atomic E-state index is -0.263. The smallest absolute Gasteiger partial charge is 0.269 e. The van der Waals surface area contributed by atoms with Crippen molar-refractivity contribution in [1.29, 1.82) is 5.26 Å². The van der Waals surface area contributed by atoms with Gasteiger partial charge in [-0.25, -0.2) is 0 Å². The van der Waals surface area contributed by atoms with Gasteiger partial charge in [0.1, 0.15) is 17.5 Å². The molecule has 1 aromatic carbocycles. The third-order valence-corrected chi connectivity index (χ3v) is 3.24. The quantitative estimate of drug-likeness (QED) is 0.922. The number of carbonyl (C=O) groups excluding carboxylic acids is 1. The summed E-state index contributed by atoms with van der Waals surface area (Å²) in [5.41, 5.74) is 1.39. The summed E-state index contributed by atoms with van der Waals surface area (Å²) in [7, 11) is 1.58. The van der Waals surface area contributed by atoms with Crippen LogP contribution in [0.3, 0.4) is 0 Å². The molecule has 0 unspecified atom stereocenters. The summed E-state index contributed by atoms with van der Waals surface area (Å²) < 4.78 is 7.03. The van der Waals surface area contributed by atoms with Gasteiger partial charge in [-0.15, -0.1) is 0 Å². The SMILES string of the molecule is COc1ccccc1-n1ccc(C#N)c1C(=O)NCC(C)C. The lowest BCUT2D eigenvalue weighted by atomic mass is 10.2. The summed E-state index contributed by atoms with van der Waals surface area (Å²) in [6.45, 7) is 4.59. The first-order valence-electron chi connectivity index (χ1n) is 7.11. The monoisotopic (exact) mass is 297 g/mol. The van der Waals surface area contributed by atoms with Gasteiger partial charge in [-0.1, -0.05) is 26.0 Å². The predicted octanol–water partition coefficient (Wildman–Crippen LogP) is 2.74. The first kappa shape index (κ1) is 15.6. The second-order valence-corrected chi connectivity index (χ2v) is 5.34. The fraction of sp³-hybridized carbons (Fsp3) is 0.294. The Labute approximate surface area is 130 Å². The van der Waals surface area contributed by atoms with Crippen LogP contribution in [0.4, 0.5) is 0 Å². The van der Waals surface area contributed by atoms with E-state index < -0.39 is 0 Å². The summed E-state index contributed by atoms with van der Waals surface area (Å²) in [6, 6.07) is 11.1. The lowest BCUT2D eigenvalue weighted by molar-refractivity contribution is 0.0942. The Bertz CT molecular complexity index is 711. The summed E-state index contributed by atoms with van der Waals surface area (Å²) in [5, 5.41) is 12.1. The zero-order chi connectivity index (χ0) is 16.1. The first-order chi connectivity index (χ1) is 10.6. The maximum Gasteiger partial charge on any atom is 0.269 e. The lowest BCUT2D eigenvalue weighted by Gasteiger charge is -2.14. The fourth-order valence-electron chi connectivity index (χ4n) is 2.16. The Morgan fingerprint density at radius 3 is 2.73 bits per heavy atom. The van der Waals surface area contributed by atoms with E-state index in [0.717, 1.165) is 5.69 Å². The number of carbonyl (C=O) groups is 1. The Morgan fingerprint density at radius 2 is 2.09 bits per heavy atom. The van der Waals surface area contributed by atoms with Crippen LogP contribution < -0.4 is 10.1 Å². The minimum absolute atomic E-state index is 0.263. The van der Waals surface area contributed by atoms with E-state index in [-0.39, 0.29) is 5.91 Å². The van der Waals surface area contributed by atoms with E-state index in [4.69, 9.17) is 4.74 Å². The summed E-state index contributed by atoms with van der Waals surface area (Å²) in [5.74, 6) is 0.714.